The monoisotopic (exact) mass is 380 g/mol. The lowest BCUT2D eigenvalue weighted by Crippen LogP contribution is -2.16. The molecule has 2 aromatic rings. The van der Waals surface area contributed by atoms with E-state index in [9.17, 15) is 12.8 Å². The van der Waals surface area contributed by atoms with Crippen LogP contribution in [0.2, 0.25) is 5.15 Å². The zero-order chi connectivity index (χ0) is 14.9. The van der Waals surface area contributed by atoms with Crippen LogP contribution < -0.4 is 10.5 Å². The number of rotatable bonds is 3. The second kappa shape index (κ2) is 5.51. The fourth-order valence-corrected chi connectivity index (χ4v) is 3.25. The second-order valence-corrected chi connectivity index (χ2v) is 6.54. The number of anilines is 2. The molecule has 0 aliphatic heterocycles. The van der Waals surface area contributed by atoms with Gasteiger partial charge in [-0.2, -0.15) is 0 Å². The molecular formula is C10H7BrClFN4O2S. The summed E-state index contributed by atoms with van der Waals surface area (Å²) in [4.78, 5) is 6.68. The Kier molecular flexibility index (Phi) is 4.11. The summed E-state index contributed by atoms with van der Waals surface area (Å²) in [7, 11) is -4.19. The smallest absolute Gasteiger partial charge is 0.266 e. The van der Waals surface area contributed by atoms with Gasteiger partial charge in [-0.15, -0.1) is 0 Å². The molecule has 0 amide bonds. The highest BCUT2D eigenvalue weighted by molar-refractivity contribution is 9.10. The van der Waals surface area contributed by atoms with Crippen molar-refractivity contribution in [3.05, 3.63) is 40.0 Å². The Labute approximate surface area is 127 Å². The maximum absolute atomic E-state index is 13.9. The molecule has 10 heteroatoms. The van der Waals surface area contributed by atoms with Crippen molar-refractivity contribution in [1.82, 2.24) is 9.97 Å². The maximum Gasteiger partial charge on any atom is 0.266 e. The lowest BCUT2D eigenvalue weighted by atomic mass is 10.3. The van der Waals surface area contributed by atoms with Gasteiger partial charge in [0.1, 0.15) is 22.2 Å². The number of nitrogens with one attached hydrogen (secondary N) is 1. The van der Waals surface area contributed by atoms with Crippen molar-refractivity contribution in [3.63, 3.8) is 0 Å². The minimum atomic E-state index is -4.19. The predicted molar refractivity (Wildman–Crippen MR) is 76.4 cm³/mol. The van der Waals surface area contributed by atoms with Crippen molar-refractivity contribution < 1.29 is 12.8 Å². The lowest BCUT2D eigenvalue weighted by molar-refractivity contribution is 0.566. The Bertz CT molecular complexity index is 772. The van der Waals surface area contributed by atoms with Gasteiger partial charge < -0.3 is 5.73 Å². The highest BCUT2D eigenvalue weighted by atomic mass is 79.9. The Balaban J connectivity index is 2.46. The van der Waals surface area contributed by atoms with Crippen molar-refractivity contribution in [3.8, 4) is 0 Å². The van der Waals surface area contributed by atoms with Crippen LogP contribution in [0, 0.1) is 5.82 Å². The third-order valence-electron chi connectivity index (χ3n) is 2.18. The Hall–Kier alpha value is -1.45. The Morgan fingerprint density at radius 3 is 2.65 bits per heavy atom. The summed E-state index contributed by atoms with van der Waals surface area (Å²) in [5.74, 6) is -1.03. The van der Waals surface area contributed by atoms with Crippen LogP contribution in [0.1, 0.15) is 0 Å². The van der Waals surface area contributed by atoms with Crippen LogP contribution in [-0.4, -0.2) is 18.4 Å². The fourth-order valence-electron chi connectivity index (χ4n) is 1.36. The minimum absolute atomic E-state index is 0.0481. The van der Waals surface area contributed by atoms with Gasteiger partial charge in [0.25, 0.3) is 10.0 Å². The van der Waals surface area contributed by atoms with Crippen molar-refractivity contribution in [2.24, 2.45) is 0 Å². The molecule has 0 atom stereocenters. The number of nitrogens with two attached hydrogens (primary N) is 1. The van der Waals surface area contributed by atoms with Gasteiger partial charge in [-0.3, -0.25) is 4.72 Å². The van der Waals surface area contributed by atoms with E-state index < -0.39 is 20.7 Å². The van der Waals surface area contributed by atoms with Gasteiger partial charge in [0.15, 0.2) is 5.82 Å². The number of nitrogens with zero attached hydrogens (tertiary/aromatic N) is 2. The van der Waals surface area contributed by atoms with Crippen LogP contribution in [0.4, 0.5) is 15.9 Å². The molecule has 0 aliphatic carbocycles. The van der Waals surface area contributed by atoms with Gasteiger partial charge in [-0.1, -0.05) is 11.6 Å². The Morgan fingerprint density at radius 1 is 1.30 bits per heavy atom. The molecule has 2 rings (SSSR count). The van der Waals surface area contributed by atoms with Gasteiger partial charge in [0.2, 0.25) is 0 Å². The first-order chi connectivity index (χ1) is 9.29. The fraction of sp³-hybridized carbons (Fsp3) is 0. The first kappa shape index (κ1) is 14.9. The van der Waals surface area contributed by atoms with Crippen LogP contribution >= 0.6 is 27.5 Å². The number of nitrogen functional groups attached to an aromatic ring is 1. The number of benzene rings is 1. The summed E-state index contributed by atoms with van der Waals surface area (Å²) in [5, 5.41) is 0.0481. The quantitative estimate of drug-likeness (QED) is 0.628. The van der Waals surface area contributed by atoms with Gasteiger partial charge in [0, 0.05) is 11.8 Å². The number of halogens is 3. The van der Waals surface area contributed by atoms with Crippen LogP contribution in [0.25, 0.3) is 0 Å². The van der Waals surface area contributed by atoms with Crippen LogP contribution in [0.15, 0.2) is 33.9 Å². The molecule has 1 aromatic carbocycles. The second-order valence-electron chi connectivity index (χ2n) is 3.65. The van der Waals surface area contributed by atoms with Crippen molar-refractivity contribution >= 4 is 49.1 Å². The third-order valence-corrected chi connectivity index (χ3v) is 4.32. The summed E-state index contributed by atoms with van der Waals surface area (Å²) >= 11 is 8.51. The van der Waals surface area contributed by atoms with E-state index in [1.807, 2.05) is 0 Å². The molecule has 0 radical (unpaired) electrons. The molecule has 1 aromatic heterocycles. The average Bonchev–Trinajstić information content (AvgIpc) is 2.33. The Morgan fingerprint density at radius 2 is 2.00 bits per heavy atom. The minimum Gasteiger partial charge on any atom is -0.399 e. The van der Waals surface area contributed by atoms with E-state index in [2.05, 4.69) is 30.6 Å². The molecule has 0 spiro atoms. The molecule has 0 unspecified atom stereocenters. The molecule has 106 valence electrons. The van der Waals surface area contributed by atoms with Gasteiger partial charge >= 0.3 is 0 Å². The van der Waals surface area contributed by atoms with E-state index in [-0.39, 0.29) is 21.1 Å². The van der Waals surface area contributed by atoms with Gasteiger partial charge in [-0.25, -0.2) is 22.8 Å². The zero-order valence-electron chi connectivity index (χ0n) is 9.64. The highest BCUT2D eigenvalue weighted by Crippen LogP contribution is 2.27. The zero-order valence-corrected chi connectivity index (χ0v) is 12.8. The molecular weight excluding hydrogens is 375 g/mol. The van der Waals surface area contributed by atoms with E-state index in [0.29, 0.717) is 0 Å². The van der Waals surface area contributed by atoms with Crippen LogP contribution in [0.5, 0.6) is 0 Å². The number of sulfonamides is 1. The topological polar surface area (TPSA) is 98.0 Å². The molecule has 0 bridgehead atoms. The van der Waals surface area contributed by atoms with Gasteiger partial charge in [-0.05, 0) is 28.1 Å². The van der Waals surface area contributed by atoms with Gasteiger partial charge in [0.05, 0.1) is 4.47 Å². The van der Waals surface area contributed by atoms with E-state index in [1.54, 1.807) is 0 Å². The first-order valence-electron chi connectivity index (χ1n) is 5.04. The van der Waals surface area contributed by atoms with E-state index in [0.717, 1.165) is 12.4 Å². The number of hydrogen-bond acceptors (Lipinski definition) is 5. The summed E-state index contributed by atoms with van der Waals surface area (Å²) in [6, 6.07) is 3.46. The summed E-state index contributed by atoms with van der Waals surface area (Å²) in [5.41, 5.74) is 5.60. The number of aromatic nitrogens is 2. The SMILES string of the molecule is Nc1cc(Br)c(F)c(S(=O)(=O)Nc2cc(Cl)ncn2)c1. The molecule has 20 heavy (non-hydrogen) atoms. The molecule has 1 heterocycles. The summed E-state index contributed by atoms with van der Waals surface area (Å²) in [6.45, 7) is 0. The van der Waals surface area contributed by atoms with Crippen LogP contribution in [-0.2, 0) is 10.0 Å². The van der Waals surface area contributed by atoms with Crippen molar-refractivity contribution in [1.29, 1.82) is 0 Å². The molecule has 0 fully saturated rings. The molecule has 0 saturated heterocycles. The molecule has 3 N–H and O–H groups in total. The maximum atomic E-state index is 13.9. The van der Waals surface area contributed by atoms with Crippen molar-refractivity contribution in [2.45, 2.75) is 4.90 Å². The third kappa shape index (κ3) is 3.17. The normalized spacial score (nSPS) is 11.3. The molecule has 0 aliphatic rings. The van der Waals surface area contributed by atoms with E-state index in [1.165, 1.54) is 12.1 Å². The molecule has 6 nitrogen and oxygen atoms in total. The number of hydrogen-bond donors (Lipinski definition) is 2. The first-order valence-corrected chi connectivity index (χ1v) is 7.70. The standard InChI is InChI=1S/C10H7BrClFN4O2S/c11-6-1-5(14)2-7(10(6)13)20(18,19)17-9-3-8(12)15-4-16-9/h1-4H,14H2,(H,15,16,17). The predicted octanol–water partition coefficient (Wildman–Crippen LogP) is 2.41. The van der Waals surface area contributed by atoms with E-state index >= 15 is 0 Å². The van der Waals surface area contributed by atoms with Crippen molar-refractivity contribution in [2.75, 3.05) is 10.5 Å². The highest BCUT2D eigenvalue weighted by Gasteiger charge is 2.22. The summed E-state index contributed by atoms with van der Waals surface area (Å²) < 4.78 is 40.1. The largest absolute Gasteiger partial charge is 0.399 e. The average molecular weight is 382 g/mol. The van der Waals surface area contributed by atoms with Crippen LogP contribution in [0.3, 0.4) is 0 Å². The lowest BCUT2D eigenvalue weighted by Gasteiger charge is -2.09. The summed E-state index contributed by atoms with van der Waals surface area (Å²) in [6.07, 6.45) is 1.08. The van der Waals surface area contributed by atoms with E-state index in [4.69, 9.17) is 17.3 Å². The molecule has 0 saturated carbocycles.